The van der Waals surface area contributed by atoms with Crippen LogP contribution >= 0.6 is 0 Å². The lowest BCUT2D eigenvalue weighted by atomic mass is 10.1. The monoisotopic (exact) mass is 282 g/mol. The molecule has 0 aromatic heterocycles. The van der Waals surface area contributed by atoms with Gasteiger partial charge in [0, 0.05) is 6.42 Å². The van der Waals surface area contributed by atoms with Gasteiger partial charge in [-0.25, -0.2) is 0 Å². The minimum atomic E-state index is 0.136. The fourth-order valence-corrected chi connectivity index (χ4v) is 2.52. The molecular formula is C18H34O2. The van der Waals surface area contributed by atoms with Crippen molar-refractivity contribution >= 4 is 0 Å². The Kier molecular flexibility index (Phi) is 12.1. The summed E-state index contributed by atoms with van der Waals surface area (Å²) in [7, 11) is 0. The van der Waals surface area contributed by atoms with Gasteiger partial charge in [0.1, 0.15) is 0 Å². The van der Waals surface area contributed by atoms with Crippen LogP contribution in [0.1, 0.15) is 96.8 Å². The normalized spacial score (nSPS) is 15.2. The Morgan fingerprint density at radius 2 is 1.15 bits per heavy atom. The van der Waals surface area contributed by atoms with E-state index in [0.717, 1.165) is 6.42 Å². The predicted molar refractivity (Wildman–Crippen MR) is 85.4 cm³/mol. The van der Waals surface area contributed by atoms with Crippen LogP contribution in [0.5, 0.6) is 0 Å². The van der Waals surface area contributed by atoms with Gasteiger partial charge < -0.3 is 0 Å². The van der Waals surface area contributed by atoms with Crippen LogP contribution in [0.25, 0.3) is 0 Å². The highest BCUT2D eigenvalue weighted by atomic mass is 17.4. The van der Waals surface area contributed by atoms with Crippen LogP contribution in [0.15, 0.2) is 12.2 Å². The molecule has 0 aliphatic carbocycles. The fraction of sp³-hybridized carbons (Fsp3) is 0.889. The maximum atomic E-state index is 4.72. The highest BCUT2D eigenvalue weighted by Gasteiger charge is 2.24. The highest BCUT2D eigenvalue weighted by Crippen LogP contribution is 2.19. The van der Waals surface area contributed by atoms with E-state index in [4.69, 9.17) is 9.78 Å². The lowest BCUT2D eigenvalue weighted by Crippen LogP contribution is -1.84. The van der Waals surface area contributed by atoms with Crippen LogP contribution in [0.2, 0.25) is 0 Å². The van der Waals surface area contributed by atoms with Crippen LogP contribution in [-0.4, -0.2) is 6.29 Å². The maximum absolute atomic E-state index is 4.72. The molecule has 0 atom stereocenters. The molecule has 1 heterocycles. The molecule has 0 radical (unpaired) electrons. The molecule has 0 amide bonds. The molecule has 0 spiro atoms. The molecule has 1 aliphatic heterocycles. The fourth-order valence-electron chi connectivity index (χ4n) is 2.52. The van der Waals surface area contributed by atoms with Crippen molar-refractivity contribution in [3.8, 4) is 0 Å². The van der Waals surface area contributed by atoms with Gasteiger partial charge in [-0.3, -0.25) is 0 Å². The van der Waals surface area contributed by atoms with E-state index in [-0.39, 0.29) is 6.29 Å². The van der Waals surface area contributed by atoms with Crippen molar-refractivity contribution in [2.75, 3.05) is 0 Å². The zero-order valence-electron chi connectivity index (χ0n) is 13.4. The summed E-state index contributed by atoms with van der Waals surface area (Å²) in [6.07, 6.45) is 23.6. The summed E-state index contributed by atoms with van der Waals surface area (Å²) in [6.45, 7) is 2.28. The smallest absolute Gasteiger partial charge is 0.199 e. The molecule has 0 aromatic carbocycles. The molecule has 0 bridgehead atoms. The first kappa shape index (κ1) is 17.7. The van der Waals surface area contributed by atoms with Crippen molar-refractivity contribution in [1.29, 1.82) is 0 Å². The average Bonchev–Trinajstić information content (AvgIpc) is 3.27. The van der Waals surface area contributed by atoms with Crippen LogP contribution in [0.3, 0.4) is 0 Å². The van der Waals surface area contributed by atoms with Crippen LogP contribution in [0.4, 0.5) is 0 Å². The summed E-state index contributed by atoms with van der Waals surface area (Å²) in [4.78, 5) is 9.43. The highest BCUT2D eigenvalue weighted by molar-refractivity contribution is 4.81. The molecule has 20 heavy (non-hydrogen) atoms. The number of rotatable bonds is 15. The number of hydrogen-bond acceptors (Lipinski definition) is 2. The van der Waals surface area contributed by atoms with Gasteiger partial charge in [-0.05, 0) is 32.1 Å². The van der Waals surface area contributed by atoms with Crippen molar-refractivity contribution in [1.82, 2.24) is 0 Å². The second-order valence-electron chi connectivity index (χ2n) is 5.99. The molecule has 2 heteroatoms. The van der Waals surface area contributed by atoms with E-state index in [9.17, 15) is 0 Å². The number of allylic oxidation sites excluding steroid dienone is 2. The van der Waals surface area contributed by atoms with E-state index in [1.54, 1.807) is 0 Å². The third kappa shape index (κ3) is 12.7. The lowest BCUT2D eigenvalue weighted by molar-refractivity contribution is 0.0850. The van der Waals surface area contributed by atoms with Gasteiger partial charge in [-0.15, -0.1) is 0 Å². The third-order valence-electron chi connectivity index (χ3n) is 3.93. The summed E-state index contributed by atoms with van der Waals surface area (Å²) in [5.74, 6) is 0. The minimum Gasteiger partial charge on any atom is -0.199 e. The van der Waals surface area contributed by atoms with E-state index in [2.05, 4.69) is 19.1 Å². The van der Waals surface area contributed by atoms with Crippen LogP contribution < -0.4 is 0 Å². The van der Waals surface area contributed by atoms with Gasteiger partial charge >= 0.3 is 0 Å². The van der Waals surface area contributed by atoms with E-state index < -0.39 is 0 Å². The molecule has 1 saturated heterocycles. The van der Waals surface area contributed by atoms with Gasteiger partial charge in [0.2, 0.25) is 6.29 Å². The Morgan fingerprint density at radius 1 is 0.650 bits per heavy atom. The van der Waals surface area contributed by atoms with Gasteiger partial charge in [0.15, 0.2) is 0 Å². The largest absolute Gasteiger partial charge is 0.224 e. The molecule has 1 aliphatic rings. The van der Waals surface area contributed by atoms with Gasteiger partial charge in [-0.1, -0.05) is 70.4 Å². The zero-order valence-corrected chi connectivity index (χ0v) is 13.4. The van der Waals surface area contributed by atoms with Gasteiger partial charge in [-0.2, -0.15) is 9.78 Å². The van der Waals surface area contributed by atoms with Crippen LogP contribution in [-0.2, 0) is 9.78 Å². The second kappa shape index (κ2) is 13.6. The van der Waals surface area contributed by atoms with Gasteiger partial charge in [0.25, 0.3) is 0 Å². The maximum Gasteiger partial charge on any atom is 0.224 e. The first-order valence-electron chi connectivity index (χ1n) is 8.90. The van der Waals surface area contributed by atoms with E-state index >= 15 is 0 Å². The number of unbranched alkanes of at least 4 members (excludes halogenated alkanes) is 11. The topological polar surface area (TPSA) is 25.1 Å². The first-order chi connectivity index (χ1) is 9.93. The zero-order chi connectivity index (χ0) is 14.3. The predicted octanol–water partition coefficient (Wildman–Crippen LogP) is 6.31. The van der Waals surface area contributed by atoms with Gasteiger partial charge in [0.05, 0.1) is 0 Å². The second-order valence-corrected chi connectivity index (χ2v) is 5.99. The van der Waals surface area contributed by atoms with Crippen LogP contribution in [0, 0.1) is 0 Å². The van der Waals surface area contributed by atoms with Crippen molar-refractivity contribution in [3.05, 3.63) is 12.2 Å². The standard InChI is InChI=1S/C18H34O2/c1-2-3-4-5-6-7-8-9-10-11-12-13-14-15-16-17-18-19-20-18/h10-11,18H,2-9,12-17H2,1H3/b11-10+. The molecular weight excluding hydrogens is 248 g/mol. The molecule has 1 rings (SSSR count). The Labute approximate surface area is 125 Å². The molecule has 0 N–H and O–H groups in total. The molecule has 0 aromatic rings. The quantitative estimate of drug-likeness (QED) is 0.152. The average molecular weight is 282 g/mol. The SMILES string of the molecule is CCCCCCCCC/C=C/CCCCCCC1OO1. The van der Waals surface area contributed by atoms with Crippen molar-refractivity contribution in [3.63, 3.8) is 0 Å². The Bertz CT molecular complexity index is 221. The molecule has 1 fully saturated rings. The summed E-state index contributed by atoms with van der Waals surface area (Å²) >= 11 is 0. The Balaban J connectivity index is 1.67. The van der Waals surface area contributed by atoms with E-state index in [0.29, 0.717) is 0 Å². The summed E-state index contributed by atoms with van der Waals surface area (Å²) in [6, 6.07) is 0. The van der Waals surface area contributed by atoms with E-state index in [1.807, 2.05) is 0 Å². The molecule has 118 valence electrons. The molecule has 2 nitrogen and oxygen atoms in total. The van der Waals surface area contributed by atoms with Crippen molar-refractivity contribution in [2.45, 2.75) is 103 Å². The number of hydrogen-bond donors (Lipinski definition) is 0. The Hall–Kier alpha value is -0.340. The Morgan fingerprint density at radius 3 is 1.70 bits per heavy atom. The summed E-state index contributed by atoms with van der Waals surface area (Å²) in [5, 5.41) is 0. The molecule has 0 saturated carbocycles. The molecule has 0 unspecified atom stereocenters. The first-order valence-corrected chi connectivity index (χ1v) is 8.90. The summed E-state index contributed by atoms with van der Waals surface area (Å²) < 4.78 is 0. The summed E-state index contributed by atoms with van der Waals surface area (Å²) in [5.41, 5.74) is 0. The van der Waals surface area contributed by atoms with E-state index in [1.165, 1.54) is 83.5 Å². The van der Waals surface area contributed by atoms with Crippen molar-refractivity contribution in [2.24, 2.45) is 0 Å². The van der Waals surface area contributed by atoms with Crippen molar-refractivity contribution < 1.29 is 9.78 Å². The lowest BCUT2D eigenvalue weighted by Gasteiger charge is -1.99. The minimum absolute atomic E-state index is 0.136. The third-order valence-corrected chi connectivity index (χ3v) is 3.93.